The average Bonchev–Trinajstić information content (AvgIpc) is 3.26. The van der Waals surface area contributed by atoms with Crippen molar-refractivity contribution in [1.82, 2.24) is 0 Å². The summed E-state index contributed by atoms with van der Waals surface area (Å²) in [5.74, 6) is -1.96. The summed E-state index contributed by atoms with van der Waals surface area (Å²) in [7, 11) is 0. The number of carbonyl (C=O) groups is 2. The van der Waals surface area contributed by atoms with Gasteiger partial charge in [0.15, 0.2) is 25.0 Å². The highest BCUT2D eigenvalue weighted by atomic mass is 16.8. The van der Waals surface area contributed by atoms with E-state index in [-0.39, 0.29) is 39.4 Å². The summed E-state index contributed by atoms with van der Waals surface area (Å²) in [5.41, 5.74) is -0.505. The first kappa shape index (κ1) is 51.4. The van der Waals surface area contributed by atoms with Crippen LogP contribution in [0.25, 0.3) is 0 Å². The summed E-state index contributed by atoms with van der Waals surface area (Å²) >= 11 is 0. The molecule has 3 aliphatic heterocycles. The second kappa shape index (κ2) is 18.0. The van der Waals surface area contributed by atoms with E-state index in [1.807, 2.05) is 0 Å². The summed E-state index contributed by atoms with van der Waals surface area (Å²) in [6.07, 6.45) is -17.9. The SMILES string of the molecule is CC1(C)CC[C@]2(C(=O)O)CC[C@]3(C)C(=CC[C@@H]4[C@@]5(C)CC[C@H](O[C@@H]6O[C@H](C(=O)O)[C@H](O)[C@H](O)[C@H]6O[C@@H]6O[C@H](CO)[C@H](O)[C@H](O)[C@H]6O[C@@H]6O[C@H](CO)[C@@H](O)[C@H](O)[C@H]6O)C(C)(C)[C@@H]5CC[C@]43C)[C@@H]2C1. The van der Waals surface area contributed by atoms with Crippen molar-refractivity contribution < 1.29 is 94.2 Å². The van der Waals surface area contributed by atoms with E-state index in [1.54, 1.807) is 0 Å². The van der Waals surface area contributed by atoms with E-state index in [0.717, 1.165) is 44.9 Å². The Morgan fingerprint density at radius 3 is 1.81 bits per heavy atom. The van der Waals surface area contributed by atoms with Crippen LogP contribution < -0.4 is 0 Å². The quantitative estimate of drug-likeness (QED) is 0.107. The van der Waals surface area contributed by atoms with Crippen LogP contribution >= 0.6 is 0 Å². The molecule has 19 heteroatoms. The first-order chi connectivity index (χ1) is 31.2. The minimum Gasteiger partial charge on any atom is -0.481 e. The van der Waals surface area contributed by atoms with E-state index in [0.29, 0.717) is 19.3 Å². The van der Waals surface area contributed by atoms with E-state index in [1.165, 1.54) is 5.57 Å². The van der Waals surface area contributed by atoms with E-state index < -0.39 is 134 Å². The van der Waals surface area contributed by atoms with Crippen LogP contribution in [0.1, 0.15) is 113 Å². The maximum Gasteiger partial charge on any atom is 0.335 e. The number of aliphatic hydroxyl groups excluding tert-OH is 9. The van der Waals surface area contributed by atoms with Gasteiger partial charge in [-0.3, -0.25) is 4.79 Å². The Labute approximate surface area is 391 Å². The minimum absolute atomic E-state index is 0.0260. The average molecular weight is 957 g/mol. The Hall–Kier alpha value is -1.92. The van der Waals surface area contributed by atoms with Gasteiger partial charge in [-0.1, -0.05) is 60.1 Å². The Morgan fingerprint density at radius 1 is 0.627 bits per heavy atom. The lowest BCUT2D eigenvalue weighted by Crippen LogP contribution is -2.68. The molecule has 0 unspecified atom stereocenters. The van der Waals surface area contributed by atoms with Crippen LogP contribution in [-0.2, 0) is 38.0 Å². The van der Waals surface area contributed by atoms with Gasteiger partial charge in [-0.2, -0.15) is 0 Å². The van der Waals surface area contributed by atoms with Gasteiger partial charge < -0.3 is 84.6 Å². The molecule has 3 heterocycles. The molecular formula is C48H76O19. The maximum atomic E-state index is 13.2. The fraction of sp³-hybridized carbons (Fsp3) is 0.917. The van der Waals surface area contributed by atoms with Gasteiger partial charge in [0.05, 0.1) is 24.7 Å². The Bertz CT molecular complexity index is 1880. The number of ether oxygens (including phenoxy) is 6. The van der Waals surface area contributed by atoms with Crippen LogP contribution in [0.2, 0.25) is 0 Å². The predicted octanol–water partition coefficient (Wildman–Crippen LogP) is 0.799. The van der Waals surface area contributed by atoms with Gasteiger partial charge in [0, 0.05) is 0 Å². The van der Waals surface area contributed by atoms with Crippen LogP contribution in [0.5, 0.6) is 0 Å². The second-order valence-corrected chi connectivity index (χ2v) is 23.5. The van der Waals surface area contributed by atoms with Crippen molar-refractivity contribution in [3.63, 3.8) is 0 Å². The van der Waals surface area contributed by atoms with Gasteiger partial charge in [-0.15, -0.1) is 0 Å². The molecule has 19 nitrogen and oxygen atoms in total. The lowest BCUT2D eigenvalue weighted by molar-refractivity contribution is -0.396. The molecule has 0 amide bonds. The van der Waals surface area contributed by atoms with Crippen molar-refractivity contribution in [3.8, 4) is 0 Å². The molecule has 8 aliphatic rings. The molecular weight excluding hydrogens is 881 g/mol. The lowest BCUT2D eigenvalue weighted by atomic mass is 9.33. The summed E-state index contributed by atoms with van der Waals surface area (Å²) in [6, 6.07) is 0. The molecule has 0 spiro atoms. The van der Waals surface area contributed by atoms with Crippen LogP contribution in [0.4, 0.5) is 0 Å². The fourth-order valence-corrected chi connectivity index (χ4v) is 15.1. The standard InChI is InChI=1S/C48H76O19/c1-43(2)14-16-48(42(60)61)17-15-46(6)21(22(48)18-43)8-9-26-45(5)12-11-27(44(3,4)25(45)10-13-47(26,46)7)64-41-37(33(56)32(55)35(65-41)38(58)59)67-40-36(31(54)29(52)24(20-50)63-40)66-39-34(57)30(53)28(51)23(19-49)62-39/h8,22-37,39-41,49-57H,9-20H2,1-7H3,(H,58,59)(H,60,61)/t22-,23+,24+,25-,26+,27-,28+,29-,30-,31-,32+,33-,34+,35-,36+,37+,39-,40-,41+,45-,46+,47+,48-/m0/s1. The Kier molecular flexibility index (Phi) is 13.8. The molecule has 0 aromatic carbocycles. The smallest absolute Gasteiger partial charge is 0.335 e. The molecule has 4 saturated carbocycles. The van der Waals surface area contributed by atoms with Crippen molar-refractivity contribution >= 4 is 11.9 Å². The number of rotatable bonds is 10. The first-order valence-electron chi connectivity index (χ1n) is 24.3. The Balaban J connectivity index is 1.06. The molecule has 0 radical (unpaired) electrons. The zero-order valence-electron chi connectivity index (χ0n) is 39.7. The van der Waals surface area contributed by atoms with Gasteiger partial charge in [-0.05, 0) is 109 Å². The molecule has 11 N–H and O–H groups in total. The normalized spacial score (nSPS) is 52.7. The molecule has 0 aromatic heterocycles. The van der Waals surface area contributed by atoms with E-state index >= 15 is 0 Å². The molecule has 5 aliphatic carbocycles. The highest BCUT2D eigenvalue weighted by Crippen LogP contribution is 2.76. The third kappa shape index (κ3) is 8.06. The number of aliphatic carboxylic acids is 2. The van der Waals surface area contributed by atoms with Gasteiger partial charge in [0.2, 0.25) is 0 Å². The predicted molar refractivity (Wildman–Crippen MR) is 231 cm³/mol. The van der Waals surface area contributed by atoms with Crippen LogP contribution in [0.15, 0.2) is 11.6 Å². The van der Waals surface area contributed by atoms with Gasteiger partial charge in [-0.25, -0.2) is 4.79 Å². The van der Waals surface area contributed by atoms with Crippen LogP contribution in [0, 0.1) is 50.2 Å². The monoisotopic (exact) mass is 956 g/mol. The van der Waals surface area contributed by atoms with Crippen molar-refractivity contribution in [1.29, 1.82) is 0 Å². The van der Waals surface area contributed by atoms with Crippen molar-refractivity contribution in [3.05, 3.63) is 11.6 Å². The second-order valence-electron chi connectivity index (χ2n) is 23.5. The van der Waals surface area contributed by atoms with Crippen molar-refractivity contribution in [2.75, 3.05) is 13.2 Å². The van der Waals surface area contributed by atoms with Crippen molar-refractivity contribution in [2.24, 2.45) is 50.2 Å². The molecule has 382 valence electrons. The Morgan fingerprint density at radius 2 is 1.19 bits per heavy atom. The molecule has 23 atom stereocenters. The molecule has 0 aromatic rings. The number of aliphatic hydroxyl groups is 9. The van der Waals surface area contributed by atoms with Gasteiger partial charge >= 0.3 is 11.9 Å². The first-order valence-corrected chi connectivity index (χ1v) is 24.3. The fourth-order valence-electron chi connectivity index (χ4n) is 15.1. The number of hydrogen-bond acceptors (Lipinski definition) is 17. The molecule has 8 rings (SSSR count). The number of hydrogen-bond donors (Lipinski definition) is 11. The molecule has 0 bridgehead atoms. The minimum atomic E-state index is -2.07. The number of fused-ring (bicyclic) bond motifs is 7. The topological polar surface area (TPSA) is 312 Å². The summed E-state index contributed by atoms with van der Waals surface area (Å²) in [4.78, 5) is 25.6. The number of carboxylic acids is 2. The number of allylic oxidation sites excluding steroid dienone is 2. The summed E-state index contributed by atoms with van der Waals surface area (Å²) < 4.78 is 36.1. The van der Waals surface area contributed by atoms with E-state index in [2.05, 4.69) is 54.5 Å². The highest BCUT2D eigenvalue weighted by molar-refractivity contribution is 5.76. The molecule has 7 fully saturated rings. The lowest BCUT2D eigenvalue weighted by Gasteiger charge is -2.71. The maximum absolute atomic E-state index is 13.2. The van der Waals surface area contributed by atoms with E-state index in [4.69, 9.17) is 28.4 Å². The van der Waals surface area contributed by atoms with Crippen LogP contribution in [0.3, 0.4) is 0 Å². The third-order valence-corrected chi connectivity index (χ3v) is 19.3. The van der Waals surface area contributed by atoms with Crippen LogP contribution in [-0.4, -0.2) is 180 Å². The van der Waals surface area contributed by atoms with Gasteiger partial charge in [0.25, 0.3) is 0 Å². The zero-order valence-corrected chi connectivity index (χ0v) is 39.7. The van der Waals surface area contributed by atoms with E-state index in [9.17, 15) is 65.8 Å². The zero-order chi connectivity index (χ0) is 49.1. The van der Waals surface area contributed by atoms with Gasteiger partial charge in [0.1, 0.15) is 67.1 Å². The molecule has 3 saturated heterocycles. The third-order valence-electron chi connectivity index (χ3n) is 19.3. The molecule has 67 heavy (non-hydrogen) atoms. The number of carboxylic acid groups (broad SMARTS) is 2. The summed E-state index contributed by atoms with van der Waals surface area (Å²) in [5, 5.41) is 117. The largest absolute Gasteiger partial charge is 0.481 e. The highest BCUT2D eigenvalue weighted by Gasteiger charge is 2.70. The summed E-state index contributed by atoms with van der Waals surface area (Å²) in [6.45, 7) is 14.3. The van der Waals surface area contributed by atoms with Crippen molar-refractivity contribution in [2.45, 2.75) is 211 Å².